The molecule has 1 rings (SSSR count). The van der Waals surface area contributed by atoms with E-state index in [0.717, 1.165) is 18.8 Å². The van der Waals surface area contributed by atoms with Gasteiger partial charge >= 0.3 is 0 Å². The van der Waals surface area contributed by atoms with Gasteiger partial charge in [0.2, 0.25) is 5.95 Å². The van der Waals surface area contributed by atoms with Crippen molar-refractivity contribution < 1.29 is 0 Å². The quantitative estimate of drug-likeness (QED) is 0.734. The summed E-state index contributed by atoms with van der Waals surface area (Å²) in [6.45, 7) is 7.13. The molecule has 1 aromatic rings. The normalized spacial score (nSPS) is 11.0. The van der Waals surface area contributed by atoms with Gasteiger partial charge in [0.15, 0.2) is 5.82 Å². The average molecular weight is 168 g/mol. The minimum atomic E-state index is 0.528. The minimum absolute atomic E-state index is 0.528. The highest BCUT2D eigenvalue weighted by Gasteiger charge is 2.05. The van der Waals surface area contributed by atoms with Crippen molar-refractivity contribution in [2.75, 3.05) is 5.73 Å². The molecule has 4 heteroatoms. The first-order valence-corrected chi connectivity index (χ1v) is 4.32. The molecule has 2 N–H and O–H groups in total. The summed E-state index contributed by atoms with van der Waals surface area (Å²) in [7, 11) is 0. The Balaban J connectivity index is 2.77. The molecule has 0 aliphatic heterocycles. The summed E-state index contributed by atoms with van der Waals surface area (Å²) in [5.41, 5.74) is 5.65. The van der Waals surface area contributed by atoms with Gasteiger partial charge < -0.3 is 5.73 Å². The van der Waals surface area contributed by atoms with Crippen molar-refractivity contribution in [3.05, 3.63) is 5.82 Å². The van der Waals surface area contributed by atoms with Crippen LogP contribution in [0.5, 0.6) is 0 Å². The van der Waals surface area contributed by atoms with Gasteiger partial charge in [-0.1, -0.05) is 20.8 Å². The number of hydrogen-bond acceptors (Lipinski definition) is 3. The van der Waals surface area contributed by atoms with E-state index in [-0.39, 0.29) is 0 Å². The molecule has 0 radical (unpaired) electrons. The number of nitrogens with zero attached hydrogens (tertiary/aromatic N) is 3. The van der Waals surface area contributed by atoms with E-state index in [2.05, 4.69) is 23.9 Å². The van der Waals surface area contributed by atoms with Gasteiger partial charge in [0, 0.05) is 13.0 Å². The minimum Gasteiger partial charge on any atom is -0.368 e. The predicted molar refractivity (Wildman–Crippen MR) is 48.7 cm³/mol. The third kappa shape index (κ3) is 1.96. The van der Waals surface area contributed by atoms with Crippen LogP contribution < -0.4 is 5.73 Å². The maximum Gasteiger partial charge on any atom is 0.218 e. The third-order valence-corrected chi connectivity index (χ3v) is 1.60. The average Bonchev–Trinajstić information content (AvgIpc) is 2.31. The van der Waals surface area contributed by atoms with E-state index in [1.165, 1.54) is 0 Å². The number of hydrogen-bond donors (Lipinski definition) is 1. The Morgan fingerprint density at radius 1 is 1.50 bits per heavy atom. The highest BCUT2D eigenvalue weighted by molar-refractivity contribution is 5.15. The second-order valence-electron chi connectivity index (χ2n) is 3.32. The van der Waals surface area contributed by atoms with E-state index in [9.17, 15) is 0 Å². The Morgan fingerprint density at radius 3 is 2.58 bits per heavy atom. The zero-order valence-electron chi connectivity index (χ0n) is 7.91. The summed E-state index contributed by atoms with van der Waals surface area (Å²) in [6, 6.07) is 0. The van der Waals surface area contributed by atoms with Crippen LogP contribution in [0.1, 0.15) is 26.6 Å². The predicted octanol–water partition coefficient (Wildman–Crippen LogP) is 1.08. The van der Waals surface area contributed by atoms with Crippen molar-refractivity contribution in [3.63, 3.8) is 0 Å². The number of aryl methyl sites for hydroxylation is 1. The monoisotopic (exact) mass is 168 g/mol. The van der Waals surface area contributed by atoms with Gasteiger partial charge in [-0.25, -0.2) is 4.68 Å². The Bertz CT molecular complexity index is 252. The molecule has 0 aliphatic carbocycles. The van der Waals surface area contributed by atoms with Crippen LogP contribution in [-0.2, 0) is 13.0 Å². The molecule has 0 aliphatic rings. The van der Waals surface area contributed by atoms with Crippen LogP contribution in [0, 0.1) is 5.92 Å². The van der Waals surface area contributed by atoms with Crippen LogP contribution in [0.4, 0.5) is 5.95 Å². The standard InChI is InChI=1S/C8H16N4/c1-4-7-10-8(9)12(11-7)5-6(2)3/h6H,4-5H2,1-3H3,(H2,9,10,11). The SMILES string of the molecule is CCc1nc(N)n(CC(C)C)n1. The zero-order chi connectivity index (χ0) is 9.14. The zero-order valence-corrected chi connectivity index (χ0v) is 7.91. The fraction of sp³-hybridized carbons (Fsp3) is 0.750. The number of aromatic nitrogens is 3. The first kappa shape index (κ1) is 9.03. The smallest absolute Gasteiger partial charge is 0.218 e. The second kappa shape index (κ2) is 3.56. The van der Waals surface area contributed by atoms with Gasteiger partial charge in [-0.2, -0.15) is 10.1 Å². The summed E-state index contributed by atoms with van der Waals surface area (Å²) < 4.78 is 1.77. The lowest BCUT2D eigenvalue weighted by molar-refractivity contribution is 0.485. The van der Waals surface area contributed by atoms with Crippen molar-refractivity contribution in [1.29, 1.82) is 0 Å². The summed E-state index contributed by atoms with van der Waals surface area (Å²) in [4.78, 5) is 4.11. The van der Waals surface area contributed by atoms with Crippen LogP contribution in [0.25, 0.3) is 0 Å². The first-order chi connectivity index (χ1) is 5.63. The van der Waals surface area contributed by atoms with Crippen molar-refractivity contribution in [2.45, 2.75) is 33.7 Å². The van der Waals surface area contributed by atoms with E-state index in [1.54, 1.807) is 4.68 Å². The highest BCUT2D eigenvalue weighted by atomic mass is 15.4. The molecule has 0 bridgehead atoms. The Hall–Kier alpha value is -1.06. The Labute approximate surface area is 72.8 Å². The van der Waals surface area contributed by atoms with E-state index in [0.29, 0.717) is 11.9 Å². The molecule has 0 fully saturated rings. The van der Waals surface area contributed by atoms with Crippen molar-refractivity contribution >= 4 is 5.95 Å². The number of nitrogen functional groups attached to an aromatic ring is 1. The molecule has 12 heavy (non-hydrogen) atoms. The summed E-state index contributed by atoms with van der Waals surface area (Å²) >= 11 is 0. The van der Waals surface area contributed by atoms with E-state index < -0.39 is 0 Å². The van der Waals surface area contributed by atoms with Gasteiger partial charge in [0.05, 0.1) is 0 Å². The summed E-state index contributed by atoms with van der Waals surface area (Å²) in [5, 5.41) is 4.25. The molecule has 0 amide bonds. The number of nitrogens with two attached hydrogens (primary N) is 1. The van der Waals surface area contributed by atoms with Crippen LogP contribution in [0.3, 0.4) is 0 Å². The molecule has 0 unspecified atom stereocenters. The fourth-order valence-electron chi connectivity index (χ4n) is 1.03. The molecular weight excluding hydrogens is 152 g/mol. The molecule has 1 aromatic heterocycles. The van der Waals surface area contributed by atoms with Gasteiger partial charge in [-0.3, -0.25) is 0 Å². The van der Waals surface area contributed by atoms with E-state index in [4.69, 9.17) is 5.73 Å². The molecule has 0 atom stereocenters. The molecule has 1 heterocycles. The van der Waals surface area contributed by atoms with Crippen LogP contribution >= 0.6 is 0 Å². The molecule has 68 valence electrons. The second-order valence-corrected chi connectivity index (χ2v) is 3.32. The van der Waals surface area contributed by atoms with Crippen LogP contribution in [0.15, 0.2) is 0 Å². The largest absolute Gasteiger partial charge is 0.368 e. The topological polar surface area (TPSA) is 56.7 Å². The van der Waals surface area contributed by atoms with Crippen LogP contribution in [0.2, 0.25) is 0 Å². The van der Waals surface area contributed by atoms with Gasteiger partial charge in [0.1, 0.15) is 0 Å². The first-order valence-electron chi connectivity index (χ1n) is 4.32. The fourth-order valence-corrected chi connectivity index (χ4v) is 1.03. The maximum absolute atomic E-state index is 5.65. The van der Waals surface area contributed by atoms with Gasteiger partial charge in [0.25, 0.3) is 0 Å². The van der Waals surface area contributed by atoms with Crippen molar-refractivity contribution in [3.8, 4) is 0 Å². The van der Waals surface area contributed by atoms with E-state index in [1.807, 2.05) is 6.92 Å². The lowest BCUT2D eigenvalue weighted by atomic mass is 10.2. The highest BCUT2D eigenvalue weighted by Crippen LogP contribution is 2.04. The Morgan fingerprint density at radius 2 is 2.17 bits per heavy atom. The van der Waals surface area contributed by atoms with Crippen molar-refractivity contribution in [2.24, 2.45) is 5.92 Å². The Kier molecular flexibility index (Phi) is 2.68. The molecular formula is C8H16N4. The molecule has 0 saturated heterocycles. The lowest BCUT2D eigenvalue weighted by Gasteiger charge is -2.04. The maximum atomic E-state index is 5.65. The van der Waals surface area contributed by atoms with E-state index >= 15 is 0 Å². The summed E-state index contributed by atoms with van der Waals surface area (Å²) in [6.07, 6.45) is 0.843. The molecule has 0 saturated carbocycles. The summed E-state index contributed by atoms with van der Waals surface area (Å²) in [5.74, 6) is 1.91. The molecule has 0 aromatic carbocycles. The number of rotatable bonds is 3. The van der Waals surface area contributed by atoms with Gasteiger partial charge in [-0.15, -0.1) is 0 Å². The third-order valence-electron chi connectivity index (χ3n) is 1.60. The van der Waals surface area contributed by atoms with Crippen molar-refractivity contribution in [1.82, 2.24) is 14.8 Å². The van der Waals surface area contributed by atoms with Gasteiger partial charge in [-0.05, 0) is 5.92 Å². The van der Waals surface area contributed by atoms with Crippen LogP contribution in [-0.4, -0.2) is 14.8 Å². The molecule has 4 nitrogen and oxygen atoms in total. The number of anilines is 1. The molecule has 0 spiro atoms. The lowest BCUT2D eigenvalue weighted by Crippen LogP contribution is -2.09.